The second kappa shape index (κ2) is 8.44. The minimum Gasteiger partial charge on any atom is -0.497 e. The van der Waals surface area contributed by atoms with Gasteiger partial charge in [-0.05, 0) is 54.1 Å². The number of aromatic nitrogens is 3. The predicted octanol–water partition coefficient (Wildman–Crippen LogP) is 4.75. The SMILES string of the molecule is COc1ccc(CNC(=O)c2c(N)n(-c3ccc(Cl)cc3)c3nc4ccccc4nc23)cc1. The van der Waals surface area contributed by atoms with Gasteiger partial charge in [-0.15, -0.1) is 0 Å². The highest BCUT2D eigenvalue weighted by Gasteiger charge is 2.24. The number of nitrogens with one attached hydrogen (secondary N) is 1. The molecular formula is C25H20ClN5O2. The summed E-state index contributed by atoms with van der Waals surface area (Å²) in [5, 5.41) is 3.55. The van der Waals surface area contributed by atoms with E-state index in [1.807, 2.05) is 60.7 Å². The second-order valence-corrected chi connectivity index (χ2v) is 7.92. The number of carbonyl (C=O) groups is 1. The third-order valence-electron chi connectivity index (χ3n) is 5.42. The number of halogens is 1. The molecule has 2 aromatic heterocycles. The predicted molar refractivity (Wildman–Crippen MR) is 130 cm³/mol. The highest BCUT2D eigenvalue weighted by Crippen LogP contribution is 2.31. The molecule has 0 aliphatic carbocycles. The first-order valence-corrected chi connectivity index (χ1v) is 10.7. The number of ether oxygens (including phenoxy) is 1. The number of hydrogen-bond donors (Lipinski definition) is 2. The molecule has 1 amide bonds. The zero-order valence-electron chi connectivity index (χ0n) is 17.7. The van der Waals surface area contributed by atoms with Crippen molar-refractivity contribution in [3.63, 3.8) is 0 Å². The van der Waals surface area contributed by atoms with Gasteiger partial charge in [0.15, 0.2) is 5.65 Å². The lowest BCUT2D eigenvalue weighted by atomic mass is 10.2. The van der Waals surface area contributed by atoms with E-state index in [4.69, 9.17) is 32.0 Å². The number of fused-ring (bicyclic) bond motifs is 2. The number of nitrogens with two attached hydrogens (primary N) is 1. The van der Waals surface area contributed by atoms with E-state index < -0.39 is 0 Å². The number of benzene rings is 3. The van der Waals surface area contributed by atoms with Gasteiger partial charge in [-0.3, -0.25) is 9.36 Å². The summed E-state index contributed by atoms with van der Waals surface area (Å²) in [7, 11) is 1.61. The van der Waals surface area contributed by atoms with Crippen molar-refractivity contribution in [3.8, 4) is 11.4 Å². The van der Waals surface area contributed by atoms with E-state index >= 15 is 0 Å². The van der Waals surface area contributed by atoms with E-state index in [0.29, 0.717) is 33.8 Å². The summed E-state index contributed by atoms with van der Waals surface area (Å²) in [6.45, 7) is 0.330. The maximum atomic E-state index is 13.3. The Hall–Kier alpha value is -4.10. The first kappa shape index (κ1) is 20.8. The zero-order valence-corrected chi connectivity index (χ0v) is 18.5. The molecule has 0 spiro atoms. The molecule has 0 saturated heterocycles. The van der Waals surface area contributed by atoms with Crippen molar-refractivity contribution in [2.24, 2.45) is 0 Å². The van der Waals surface area contributed by atoms with Crippen LogP contribution in [0.15, 0.2) is 72.8 Å². The lowest BCUT2D eigenvalue weighted by Crippen LogP contribution is -2.24. The molecule has 0 aliphatic heterocycles. The van der Waals surface area contributed by atoms with E-state index in [2.05, 4.69) is 5.32 Å². The van der Waals surface area contributed by atoms with Gasteiger partial charge in [-0.2, -0.15) is 0 Å². The number of nitrogen functional groups attached to an aromatic ring is 1. The number of nitrogens with zero attached hydrogens (tertiary/aromatic N) is 3. The highest BCUT2D eigenvalue weighted by atomic mass is 35.5. The van der Waals surface area contributed by atoms with Crippen molar-refractivity contribution in [3.05, 3.63) is 88.9 Å². The fraction of sp³-hybridized carbons (Fsp3) is 0.0800. The van der Waals surface area contributed by atoms with Crippen molar-refractivity contribution in [1.29, 1.82) is 0 Å². The minimum absolute atomic E-state index is 0.259. The molecule has 0 saturated carbocycles. The average Bonchev–Trinajstić information content (AvgIpc) is 3.12. The number of amides is 1. The summed E-state index contributed by atoms with van der Waals surface area (Å²) < 4.78 is 6.91. The van der Waals surface area contributed by atoms with Gasteiger partial charge >= 0.3 is 0 Å². The summed E-state index contributed by atoms with van der Waals surface area (Å²) in [5.74, 6) is 0.683. The fourth-order valence-corrected chi connectivity index (χ4v) is 3.88. The molecule has 0 fully saturated rings. The quantitative estimate of drug-likeness (QED) is 0.397. The van der Waals surface area contributed by atoms with Crippen LogP contribution in [0.1, 0.15) is 15.9 Å². The van der Waals surface area contributed by atoms with Crippen LogP contribution in [0.25, 0.3) is 27.9 Å². The molecule has 33 heavy (non-hydrogen) atoms. The molecule has 0 unspecified atom stereocenters. The highest BCUT2D eigenvalue weighted by molar-refractivity contribution is 6.30. The molecule has 0 radical (unpaired) electrons. The van der Waals surface area contributed by atoms with Crippen molar-refractivity contribution in [2.75, 3.05) is 12.8 Å². The molecule has 0 aliphatic rings. The number of para-hydroxylation sites is 2. The average molecular weight is 458 g/mol. The van der Waals surface area contributed by atoms with Crippen LogP contribution in [0.3, 0.4) is 0 Å². The Balaban J connectivity index is 1.60. The molecule has 8 heteroatoms. The van der Waals surface area contributed by atoms with Gasteiger partial charge in [0.1, 0.15) is 22.6 Å². The first-order valence-electron chi connectivity index (χ1n) is 10.3. The van der Waals surface area contributed by atoms with Crippen LogP contribution < -0.4 is 15.8 Å². The smallest absolute Gasteiger partial charge is 0.257 e. The Morgan fingerprint density at radius 3 is 2.33 bits per heavy atom. The van der Waals surface area contributed by atoms with Gasteiger partial charge < -0.3 is 15.8 Å². The summed E-state index contributed by atoms with van der Waals surface area (Å²) in [4.78, 5) is 22.8. The van der Waals surface area contributed by atoms with Gasteiger partial charge in [0, 0.05) is 17.3 Å². The number of methoxy groups -OCH3 is 1. The van der Waals surface area contributed by atoms with Crippen LogP contribution in [0.5, 0.6) is 5.75 Å². The van der Waals surface area contributed by atoms with Crippen LogP contribution in [-0.4, -0.2) is 27.6 Å². The molecule has 0 atom stereocenters. The third-order valence-corrected chi connectivity index (χ3v) is 5.67. The van der Waals surface area contributed by atoms with Crippen molar-refractivity contribution >= 4 is 45.5 Å². The minimum atomic E-state index is -0.328. The summed E-state index contributed by atoms with van der Waals surface area (Å²) in [5.41, 5.74) is 10.8. The van der Waals surface area contributed by atoms with Gasteiger partial charge in [0.2, 0.25) is 0 Å². The normalized spacial score (nSPS) is 11.1. The van der Waals surface area contributed by atoms with Crippen LogP contribution in [0, 0.1) is 0 Å². The summed E-state index contributed by atoms with van der Waals surface area (Å²) in [6.07, 6.45) is 0. The second-order valence-electron chi connectivity index (χ2n) is 7.49. The van der Waals surface area contributed by atoms with Crippen LogP contribution in [-0.2, 0) is 6.54 Å². The summed E-state index contributed by atoms with van der Waals surface area (Å²) >= 11 is 6.07. The van der Waals surface area contributed by atoms with Gasteiger partial charge in [-0.25, -0.2) is 9.97 Å². The number of anilines is 1. The molecular weight excluding hydrogens is 438 g/mol. The largest absolute Gasteiger partial charge is 0.497 e. The van der Waals surface area contributed by atoms with Gasteiger partial charge in [0.05, 0.1) is 18.1 Å². The molecule has 164 valence electrons. The van der Waals surface area contributed by atoms with Crippen molar-refractivity contribution in [2.45, 2.75) is 6.54 Å². The van der Waals surface area contributed by atoms with Gasteiger partial charge in [0.25, 0.3) is 5.91 Å². The Bertz CT molecular complexity index is 1480. The lowest BCUT2D eigenvalue weighted by molar-refractivity contribution is 0.0953. The topological polar surface area (TPSA) is 95.1 Å². The fourth-order valence-electron chi connectivity index (χ4n) is 3.75. The van der Waals surface area contributed by atoms with Crippen LogP contribution >= 0.6 is 11.6 Å². The Kier molecular flexibility index (Phi) is 5.32. The molecule has 3 N–H and O–H groups in total. The van der Waals surface area contributed by atoms with E-state index in [1.165, 1.54) is 0 Å². The number of hydrogen-bond acceptors (Lipinski definition) is 5. The number of carbonyl (C=O) groups excluding carboxylic acids is 1. The Morgan fingerprint density at radius 2 is 1.67 bits per heavy atom. The zero-order chi connectivity index (χ0) is 22.9. The molecule has 0 bridgehead atoms. The van der Waals surface area contributed by atoms with E-state index in [9.17, 15) is 4.79 Å². The molecule has 2 heterocycles. The standard InChI is InChI=1S/C25H20ClN5O2/c1-33-18-12-6-15(7-13-18)14-28-25(32)21-22-24(30-20-5-3-2-4-19(20)29-22)31(23(21)27)17-10-8-16(26)9-11-17/h2-13H,14,27H2,1H3,(H,28,32). The maximum Gasteiger partial charge on any atom is 0.257 e. The monoisotopic (exact) mass is 457 g/mol. The summed E-state index contributed by atoms with van der Waals surface area (Å²) in [6, 6.07) is 22.2. The Morgan fingerprint density at radius 1 is 1.00 bits per heavy atom. The van der Waals surface area contributed by atoms with Crippen LogP contribution in [0.4, 0.5) is 5.82 Å². The van der Waals surface area contributed by atoms with Crippen molar-refractivity contribution < 1.29 is 9.53 Å². The Labute approximate surface area is 194 Å². The van der Waals surface area contributed by atoms with E-state index in [-0.39, 0.29) is 17.3 Å². The van der Waals surface area contributed by atoms with Crippen LogP contribution in [0.2, 0.25) is 5.02 Å². The van der Waals surface area contributed by atoms with Gasteiger partial charge in [-0.1, -0.05) is 35.9 Å². The maximum absolute atomic E-state index is 13.3. The molecule has 3 aromatic carbocycles. The van der Waals surface area contributed by atoms with E-state index in [1.54, 1.807) is 23.8 Å². The van der Waals surface area contributed by atoms with Crippen molar-refractivity contribution in [1.82, 2.24) is 19.9 Å². The van der Waals surface area contributed by atoms with E-state index in [0.717, 1.165) is 17.0 Å². The molecule has 5 rings (SSSR count). The molecule has 7 nitrogen and oxygen atoms in total. The lowest BCUT2D eigenvalue weighted by Gasteiger charge is -2.09. The third kappa shape index (κ3) is 3.83. The molecule has 5 aromatic rings. The number of rotatable bonds is 5. The first-order chi connectivity index (χ1) is 16.0.